The third-order valence-corrected chi connectivity index (χ3v) is 7.20. The molecule has 3 heterocycles. The van der Waals surface area contributed by atoms with E-state index >= 15 is 0 Å². The average molecular weight is 499 g/mol. The van der Waals surface area contributed by atoms with Crippen LogP contribution < -0.4 is 10.6 Å². The van der Waals surface area contributed by atoms with Gasteiger partial charge in [0.15, 0.2) is 0 Å². The summed E-state index contributed by atoms with van der Waals surface area (Å²) in [6, 6.07) is 6.43. The smallest absolute Gasteiger partial charge is 0.150 e. The highest BCUT2D eigenvalue weighted by Gasteiger charge is 2.19. The van der Waals surface area contributed by atoms with Crippen molar-refractivity contribution in [2.75, 3.05) is 55.7 Å². The van der Waals surface area contributed by atoms with E-state index in [1.807, 2.05) is 0 Å². The number of imidazole rings is 1. The molecular weight excluding hydrogens is 460 g/mol. The van der Waals surface area contributed by atoms with E-state index in [4.69, 9.17) is 14.9 Å². The van der Waals surface area contributed by atoms with Gasteiger partial charge in [0.2, 0.25) is 0 Å². The number of nitrogens with one attached hydrogen (secondary N) is 1. The highest BCUT2D eigenvalue weighted by Crippen LogP contribution is 2.30. The first-order valence-corrected chi connectivity index (χ1v) is 13.6. The fourth-order valence-corrected chi connectivity index (χ4v) is 5.41. The van der Waals surface area contributed by atoms with Crippen LogP contribution in [0, 0.1) is 5.92 Å². The van der Waals surface area contributed by atoms with Gasteiger partial charge in [-0.05, 0) is 49.5 Å². The zero-order valence-corrected chi connectivity index (χ0v) is 22.0. The molecule has 0 amide bonds. The number of piperazine rings is 1. The van der Waals surface area contributed by atoms with Crippen molar-refractivity contribution in [3.8, 4) is 0 Å². The second-order valence-corrected chi connectivity index (χ2v) is 10.5. The number of nitrogens with two attached hydrogens (primary N) is 1. The summed E-state index contributed by atoms with van der Waals surface area (Å²) in [4.78, 5) is 29.0. The molecule has 0 spiro atoms. The Labute approximate surface area is 212 Å². The Bertz CT molecular complexity index is 1140. The van der Waals surface area contributed by atoms with E-state index in [2.05, 4.69) is 51.8 Å². The van der Waals surface area contributed by atoms with E-state index in [-0.39, 0.29) is 11.7 Å². The molecule has 1 aromatic carbocycles. The summed E-state index contributed by atoms with van der Waals surface area (Å²) in [5, 5.41) is 1.06. The maximum absolute atomic E-state index is 11.2. The van der Waals surface area contributed by atoms with E-state index in [1.54, 1.807) is 6.92 Å². The van der Waals surface area contributed by atoms with Gasteiger partial charge in [-0.15, -0.1) is 0 Å². The topological polar surface area (TPSA) is 100 Å². The lowest BCUT2D eigenvalue weighted by Crippen LogP contribution is -2.47. The van der Waals surface area contributed by atoms with Crippen LogP contribution in [0.1, 0.15) is 45.9 Å². The maximum Gasteiger partial charge on any atom is 0.150 e. The van der Waals surface area contributed by atoms with Gasteiger partial charge in [-0.1, -0.05) is 20.3 Å². The van der Waals surface area contributed by atoms with Gasteiger partial charge in [-0.2, -0.15) is 0 Å². The molecule has 3 aromatic rings. The molecule has 1 aliphatic rings. The number of aromatic amines is 1. The molecule has 1 saturated heterocycles. The third-order valence-electron chi connectivity index (χ3n) is 6.55. The lowest BCUT2D eigenvalue weighted by molar-refractivity contribution is -0.117. The van der Waals surface area contributed by atoms with Crippen molar-refractivity contribution in [3.05, 3.63) is 24.0 Å². The van der Waals surface area contributed by atoms with Crippen LogP contribution in [0.15, 0.2) is 18.2 Å². The summed E-state index contributed by atoms with van der Waals surface area (Å²) in [5.41, 5.74) is 10.1. The molecule has 3 N–H and O–H groups in total. The van der Waals surface area contributed by atoms with Gasteiger partial charge in [-0.25, -0.2) is 9.97 Å². The van der Waals surface area contributed by atoms with Crippen molar-refractivity contribution < 1.29 is 8.98 Å². The van der Waals surface area contributed by atoms with Gasteiger partial charge >= 0.3 is 0 Å². The summed E-state index contributed by atoms with van der Waals surface area (Å²) in [6.07, 6.45) is 3.75. The number of aromatic nitrogens is 3. The largest absolute Gasteiger partial charge is 0.382 e. The number of anilines is 2. The van der Waals surface area contributed by atoms with Crippen molar-refractivity contribution in [3.63, 3.8) is 0 Å². The number of unbranched alkanes of at least 4 members (excludes halogenated alkanes) is 1. The van der Waals surface area contributed by atoms with Crippen molar-refractivity contribution in [2.24, 2.45) is 5.92 Å². The molecule has 1 unspecified atom stereocenters. The highest BCUT2D eigenvalue weighted by atomic mass is 32.2. The number of hydrogen-bond acceptors (Lipinski definition) is 8. The summed E-state index contributed by atoms with van der Waals surface area (Å²) < 4.78 is 5.69. The molecular formula is C26H38N6O2S. The van der Waals surface area contributed by atoms with Crippen LogP contribution in [0.3, 0.4) is 0 Å². The van der Waals surface area contributed by atoms with Gasteiger partial charge in [0.1, 0.15) is 28.5 Å². The number of pyridine rings is 1. The molecule has 1 atom stereocenters. The predicted octanol–water partition coefficient (Wildman–Crippen LogP) is 4.44. The van der Waals surface area contributed by atoms with Crippen LogP contribution in [0.2, 0.25) is 0 Å². The summed E-state index contributed by atoms with van der Waals surface area (Å²) >= 11 is 1.52. The van der Waals surface area contributed by atoms with E-state index in [0.29, 0.717) is 18.8 Å². The molecule has 1 aliphatic heterocycles. The summed E-state index contributed by atoms with van der Waals surface area (Å²) in [6.45, 7) is 11.5. The highest BCUT2D eigenvalue weighted by molar-refractivity contribution is 7.94. The average Bonchev–Trinajstić information content (AvgIpc) is 3.28. The molecule has 8 nitrogen and oxygen atoms in total. The molecule has 35 heavy (non-hydrogen) atoms. The Hall–Kier alpha value is -2.36. The van der Waals surface area contributed by atoms with Crippen LogP contribution in [-0.4, -0.2) is 70.7 Å². The molecule has 0 radical (unpaired) electrons. The minimum absolute atomic E-state index is 0.223. The summed E-state index contributed by atoms with van der Waals surface area (Å²) in [5.74, 6) is 2.94. The molecule has 190 valence electrons. The minimum atomic E-state index is 0.223. The molecule has 0 aliphatic carbocycles. The van der Waals surface area contributed by atoms with Gasteiger partial charge in [0.25, 0.3) is 0 Å². The lowest BCUT2D eigenvalue weighted by Gasteiger charge is -2.36. The van der Waals surface area contributed by atoms with Crippen molar-refractivity contribution in [2.45, 2.75) is 46.5 Å². The number of nitrogens with zero attached hydrogens (tertiary/aromatic N) is 4. The Morgan fingerprint density at radius 1 is 1.26 bits per heavy atom. The van der Waals surface area contributed by atoms with Crippen molar-refractivity contribution in [1.82, 2.24) is 19.9 Å². The molecule has 0 saturated carbocycles. The first-order chi connectivity index (χ1) is 16.9. The number of carbonyl (C=O) groups excluding carboxylic acids is 1. The monoisotopic (exact) mass is 498 g/mol. The van der Waals surface area contributed by atoms with Gasteiger partial charge in [-0.3, -0.25) is 4.90 Å². The van der Waals surface area contributed by atoms with E-state index in [1.165, 1.54) is 17.7 Å². The number of fused-ring (bicyclic) bond motifs is 3. The van der Waals surface area contributed by atoms with Crippen LogP contribution in [0.5, 0.6) is 0 Å². The third kappa shape index (κ3) is 6.65. The fraction of sp³-hybridized carbons (Fsp3) is 0.577. The number of aryl methyl sites for hydroxylation is 1. The van der Waals surface area contributed by atoms with Crippen LogP contribution >= 0.6 is 12.0 Å². The van der Waals surface area contributed by atoms with Crippen LogP contribution in [0.4, 0.5) is 11.5 Å². The fourth-order valence-electron chi connectivity index (χ4n) is 4.63. The Morgan fingerprint density at radius 3 is 2.80 bits per heavy atom. The van der Waals surface area contributed by atoms with E-state index in [9.17, 15) is 4.79 Å². The SMILES string of the molecule is CCCCc1nc2c([nH]1)c(N)nc1ccc(N3CCN(CCSOCC(C)CC(C)=O)CC3)cc12. The van der Waals surface area contributed by atoms with Crippen molar-refractivity contribution in [1.29, 1.82) is 0 Å². The first-order valence-electron chi connectivity index (χ1n) is 12.7. The number of nitrogen functional groups attached to an aromatic ring is 1. The zero-order valence-electron chi connectivity index (χ0n) is 21.2. The molecule has 1 fully saturated rings. The number of H-pyrrole nitrogens is 1. The van der Waals surface area contributed by atoms with E-state index in [0.717, 1.165) is 85.5 Å². The second kappa shape index (κ2) is 12.1. The number of Topliss-reactive ketones (excluding diaryl/α,β-unsaturated/α-hetero) is 1. The Kier molecular flexibility index (Phi) is 8.86. The number of hydrogen-bond donors (Lipinski definition) is 2. The lowest BCUT2D eigenvalue weighted by atomic mass is 10.1. The molecule has 0 bridgehead atoms. The number of benzene rings is 1. The predicted molar refractivity (Wildman–Crippen MR) is 146 cm³/mol. The number of rotatable bonds is 12. The van der Waals surface area contributed by atoms with Crippen LogP contribution in [-0.2, 0) is 15.4 Å². The second-order valence-electron chi connectivity index (χ2n) is 9.66. The van der Waals surface area contributed by atoms with Gasteiger partial charge in [0.05, 0.1) is 12.1 Å². The minimum Gasteiger partial charge on any atom is -0.382 e. The van der Waals surface area contributed by atoms with Gasteiger partial charge < -0.3 is 24.6 Å². The van der Waals surface area contributed by atoms with Crippen LogP contribution in [0.25, 0.3) is 21.9 Å². The van der Waals surface area contributed by atoms with Crippen molar-refractivity contribution >= 4 is 51.3 Å². The Balaban J connectivity index is 1.32. The quantitative estimate of drug-likeness (QED) is 0.279. The van der Waals surface area contributed by atoms with E-state index < -0.39 is 0 Å². The Morgan fingerprint density at radius 2 is 2.06 bits per heavy atom. The van der Waals surface area contributed by atoms with Gasteiger partial charge in [0, 0.05) is 62.4 Å². The zero-order chi connectivity index (χ0) is 24.8. The first kappa shape index (κ1) is 25.7. The number of carbonyl (C=O) groups is 1. The summed E-state index contributed by atoms with van der Waals surface area (Å²) in [7, 11) is 0. The molecule has 9 heteroatoms. The normalized spacial score (nSPS) is 15.8. The maximum atomic E-state index is 11.2. The molecule has 4 rings (SSSR count). The standard InChI is InChI=1S/C26H38N6O2S/c1-4-5-6-23-29-24-21-16-20(7-8-22(21)28-26(27)25(24)30-23)32-11-9-31(10-12-32)13-14-35-34-17-18(2)15-19(3)33/h7-8,16,18H,4-6,9-15,17H2,1-3H3,(H2,27,28)(H,29,30). The molecule has 2 aromatic heterocycles. The number of ketones is 1.